The summed E-state index contributed by atoms with van der Waals surface area (Å²) in [6, 6.07) is -0.785. The average Bonchev–Trinajstić information content (AvgIpc) is 1.80. The van der Waals surface area contributed by atoms with Gasteiger partial charge in [0.25, 0.3) is 0 Å². The monoisotopic (exact) mass is 223 g/mol. The van der Waals surface area contributed by atoms with Gasteiger partial charge in [-0.3, -0.25) is 4.79 Å². The number of nitrogens with two attached hydrogens (primary N) is 1. The zero-order chi connectivity index (χ0) is 10.9. The second-order valence-corrected chi connectivity index (χ2v) is 5.54. The maximum atomic E-state index is 10.7. The molecule has 0 radical (unpaired) electrons. The molecule has 0 bridgehead atoms. The predicted molar refractivity (Wildman–Crippen MR) is 60.7 cm³/mol. The van der Waals surface area contributed by atoms with Crippen molar-refractivity contribution >= 4 is 18.4 Å². The second-order valence-electron chi connectivity index (χ2n) is 5.54. The molecule has 0 aliphatic carbocycles. The molecule has 0 heterocycles. The molecule has 1 atom stereocenters. The molecule has 86 valence electrons. The van der Waals surface area contributed by atoms with E-state index in [-0.39, 0.29) is 23.2 Å². The third-order valence-corrected chi connectivity index (χ3v) is 2.09. The second kappa shape index (κ2) is 4.99. The molecule has 0 saturated carbocycles. The van der Waals surface area contributed by atoms with Gasteiger partial charge in [0, 0.05) is 0 Å². The van der Waals surface area contributed by atoms with Crippen LogP contribution in [0.2, 0.25) is 0 Å². The minimum Gasteiger partial charge on any atom is -0.480 e. The highest BCUT2D eigenvalue weighted by Gasteiger charge is 2.35. The number of rotatable bonds is 3. The number of hydrogen-bond donors (Lipinski definition) is 2. The van der Waals surface area contributed by atoms with Gasteiger partial charge >= 0.3 is 5.97 Å². The van der Waals surface area contributed by atoms with Crippen molar-refractivity contribution < 1.29 is 9.90 Å². The molecule has 0 saturated heterocycles. The molecule has 14 heavy (non-hydrogen) atoms. The molecular formula is C10H22ClNO2. The van der Waals surface area contributed by atoms with Crippen LogP contribution in [0.15, 0.2) is 0 Å². The van der Waals surface area contributed by atoms with Gasteiger partial charge < -0.3 is 10.8 Å². The van der Waals surface area contributed by atoms with Crippen molar-refractivity contribution in [3.63, 3.8) is 0 Å². The first-order valence-corrected chi connectivity index (χ1v) is 4.55. The fraction of sp³-hybridized carbons (Fsp3) is 0.900. The summed E-state index contributed by atoms with van der Waals surface area (Å²) in [5, 5.41) is 8.79. The maximum Gasteiger partial charge on any atom is 0.321 e. The number of carboxylic acids is 1. The lowest BCUT2D eigenvalue weighted by molar-refractivity contribution is -0.141. The summed E-state index contributed by atoms with van der Waals surface area (Å²) in [5.41, 5.74) is 5.35. The Morgan fingerprint density at radius 1 is 1.29 bits per heavy atom. The van der Waals surface area contributed by atoms with Crippen LogP contribution in [0.25, 0.3) is 0 Å². The van der Waals surface area contributed by atoms with E-state index in [0.29, 0.717) is 0 Å². The van der Waals surface area contributed by atoms with E-state index in [2.05, 4.69) is 20.8 Å². The Kier molecular flexibility index (Phi) is 5.76. The molecule has 4 heteroatoms. The molecule has 3 nitrogen and oxygen atoms in total. The van der Waals surface area contributed by atoms with Gasteiger partial charge in [0.2, 0.25) is 0 Å². The van der Waals surface area contributed by atoms with Gasteiger partial charge in [-0.05, 0) is 17.3 Å². The van der Waals surface area contributed by atoms with Gasteiger partial charge in [0.15, 0.2) is 0 Å². The summed E-state index contributed by atoms with van der Waals surface area (Å²) in [7, 11) is 0. The molecule has 0 amide bonds. The van der Waals surface area contributed by atoms with Crippen molar-refractivity contribution in [2.24, 2.45) is 16.6 Å². The van der Waals surface area contributed by atoms with Gasteiger partial charge in [0.1, 0.15) is 6.04 Å². The van der Waals surface area contributed by atoms with Crippen LogP contribution in [0.1, 0.15) is 41.0 Å². The summed E-state index contributed by atoms with van der Waals surface area (Å²) < 4.78 is 0. The van der Waals surface area contributed by atoms with E-state index in [1.54, 1.807) is 0 Å². The number of hydrogen-bond acceptors (Lipinski definition) is 2. The van der Waals surface area contributed by atoms with Gasteiger partial charge in [-0.15, -0.1) is 12.4 Å². The number of aliphatic carboxylic acids is 1. The van der Waals surface area contributed by atoms with Gasteiger partial charge in [-0.2, -0.15) is 0 Å². The minimum absolute atomic E-state index is 0. The first-order valence-electron chi connectivity index (χ1n) is 4.55. The molecule has 0 aliphatic rings. The standard InChI is InChI=1S/C10H21NO2.ClH/c1-9(2,3)6-10(4,5)7(11)8(12)13;/h7H,6,11H2,1-5H3,(H,12,13);1H/t7-;/m1./s1. The van der Waals surface area contributed by atoms with Gasteiger partial charge in [-0.1, -0.05) is 34.6 Å². The molecule has 0 aromatic rings. The lowest BCUT2D eigenvalue weighted by Gasteiger charge is -2.35. The van der Waals surface area contributed by atoms with E-state index in [1.165, 1.54) is 0 Å². The van der Waals surface area contributed by atoms with Crippen LogP contribution < -0.4 is 5.73 Å². The largest absolute Gasteiger partial charge is 0.480 e. The Hall–Kier alpha value is -0.280. The van der Waals surface area contributed by atoms with Crippen LogP contribution in [0.4, 0.5) is 0 Å². The first-order chi connectivity index (χ1) is 5.56. The van der Waals surface area contributed by atoms with E-state index in [1.807, 2.05) is 13.8 Å². The Balaban J connectivity index is 0. The fourth-order valence-electron chi connectivity index (χ4n) is 1.81. The van der Waals surface area contributed by atoms with Crippen molar-refractivity contribution in [1.29, 1.82) is 0 Å². The summed E-state index contributed by atoms with van der Waals surface area (Å²) in [6.45, 7) is 10.1. The van der Waals surface area contributed by atoms with E-state index in [0.717, 1.165) is 6.42 Å². The summed E-state index contributed by atoms with van der Waals surface area (Å²) >= 11 is 0. The van der Waals surface area contributed by atoms with Crippen LogP contribution >= 0.6 is 12.4 Å². The molecule has 0 spiro atoms. The van der Waals surface area contributed by atoms with Crippen molar-refractivity contribution in [2.75, 3.05) is 0 Å². The van der Waals surface area contributed by atoms with E-state index in [4.69, 9.17) is 10.8 Å². The molecule has 0 aromatic heterocycles. The van der Waals surface area contributed by atoms with Crippen LogP contribution in [-0.4, -0.2) is 17.1 Å². The van der Waals surface area contributed by atoms with Crippen LogP contribution in [0, 0.1) is 10.8 Å². The molecule has 0 aromatic carbocycles. The molecule has 0 fully saturated rings. The van der Waals surface area contributed by atoms with Crippen molar-refractivity contribution in [2.45, 2.75) is 47.1 Å². The number of carboxylic acid groups (broad SMARTS) is 1. The number of halogens is 1. The highest BCUT2D eigenvalue weighted by molar-refractivity contribution is 5.85. The predicted octanol–water partition coefficient (Wildman–Crippen LogP) is 2.28. The van der Waals surface area contributed by atoms with Crippen molar-refractivity contribution in [3.05, 3.63) is 0 Å². The lowest BCUT2D eigenvalue weighted by atomic mass is 9.72. The molecule has 3 N–H and O–H groups in total. The third-order valence-electron chi connectivity index (χ3n) is 2.09. The van der Waals surface area contributed by atoms with Gasteiger partial charge in [0.05, 0.1) is 0 Å². The van der Waals surface area contributed by atoms with Crippen molar-refractivity contribution in [3.8, 4) is 0 Å². The maximum absolute atomic E-state index is 10.7. The normalized spacial score (nSPS) is 14.4. The number of carbonyl (C=O) groups is 1. The van der Waals surface area contributed by atoms with E-state index in [9.17, 15) is 4.79 Å². The lowest BCUT2D eigenvalue weighted by Crippen LogP contribution is -2.45. The van der Waals surface area contributed by atoms with Crippen LogP contribution in [0.5, 0.6) is 0 Å². The van der Waals surface area contributed by atoms with Crippen molar-refractivity contribution in [1.82, 2.24) is 0 Å². The minimum atomic E-state index is -0.922. The highest BCUT2D eigenvalue weighted by atomic mass is 35.5. The highest BCUT2D eigenvalue weighted by Crippen LogP contribution is 2.35. The topological polar surface area (TPSA) is 63.3 Å². The summed E-state index contributed by atoms with van der Waals surface area (Å²) in [6.07, 6.45) is 0.799. The summed E-state index contributed by atoms with van der Waals surface area (Å²) in [5.74, 6) is -0.922. The van der Waals surface area contributed by atoms with E-state index >= 15 is 0 Å². The van der Waals surface area contributed by atoms with E-state index < -0.39 is 12.0 Å². The SMILES string of the molecule is CC(C)(C)CC(C)(C)[C@H](N)C(=O)O.Cl. The van der Waals surface area contributed by atoms with Gasteiger partial charge in [-0.25, -0.2) is 0 Å². The zero-order valence-corrected chi connectivity index (χ0v) is 10.4. The van der Waals surface area contributed by atoms with Crippen LogP contribution in [-0.2, 0) is 4.79 Å². The summed E-state index contributed by atoms with van der Waals surface area (Å²) in [4.78, 5) is 10.7. The zero-order valence-electron chi connectivity index (χ0n) is 9.63. The third kappa shape index (κ3) is 5.45. The Labute approximate surface area is 92.5 Å². The fourth-order valence-corrected chi connectivity index (χ4v) is 1.81. The Morgan fingerprint density at radius 2 is 1.64 bits per heavy atom. The molecule has 0 rings (SSSR count). The first kappa shape index (κ1) is 16.2. The molecule has 0 unspecified atom stereocenters. The average molecular weight is 224 g/mol. The Bertz CT molecular complexity index is 197. The van der Waals surface area contributed by atoms with Crippen LogP contribution in [0.3, 0.4) is 0 Å². The Morgan fingerprint density at radius 3 is 1.86 bits per heavy atom. The molecular weight excluding hydrogens is 202 g/mol. The smallest absolute Gasteiger partial charge is 0.321 e. The molecule has 0 aliphatic heterocycles. The quantitative estimate of drug-likeness (QED) is 0.772.